The number of nitrogens with one attached hydrogen (secondary N) is 1. The number of aromatic nitrogens is 2. The molecule has 0 saturated heterocycles. The Bertz CT molecular complexity index is 812. The molecule has 0 saturated carbocycles. The number of nitrogens with zero attached hydrogens (tertiary/aromatic N) is 2. The van der Waals surface area contributed by atoms with Crippen LogP contribution in [0.4, 0.5) is 0 Å². The van der Waals surface area contributed by atoms with Crippen LogP contribution in [0.3, 0.4) is 0 Å². The van der Waals surface area contributed by atoms with Gasteiger partial charge in [-0.25, -0.2) is 0 Å². The van der Waals surface area contributed by atoms with E-state index in [0.29, 0.717) is 36.8 Å². The van der Waals surface area contributed by atoms with Crippen molar-refractivity contribution in [2.24, 2.45) is 0 Å². The van der Waals surface area contributed by atoms with Gasteiger partial charge in [0, 0.05) is 23.8 Å². The van der Waals surface area contributed by atoms with Crippen molar-refractivity contribution in [1.29, 1.82) is 0 Å². The van der Waals surface area contributed by atoms with Gasteiger partial charge in [-0.05, 0) is 29.6 Å². The molecule has 7 heteroatoms. The van der Waals surface area contributed by atoms with E-state index in [9.17, 15) is 4.79 Å². The van der Waals surface area contributed by atoms with Gasteiger partial charge in [-0.15, -0.1) is 11.3 Å². The molecule has 3 aromatic rings. The van der Waals surface area contributed by atoms with Gasteiger partial charge >= 0.3 is 0 Å². The smallest absolute Gasteiger partial charge is 0.255 e. The molecule has 1 aliphatic heterocycles. The van der Waals surface area contributed by atoms with Gasteiger partial charge in [0.25, 0.3) is 5.91 Å². The maximum Gasteiger partial charge on any atom is 0.255 e. The number of carbonyl (C=O) groups is 1. The Morgan fingerprint density at radius 1 is 1.24 bits per heavy atom. The average Bonchev–Trinajstić information content (AvgIpc) is 3.36. The number of hydrogen-bond acceptors (Lipinski definition) is 5. The first-order valence-electron chi connectivity index (χ1n) is 8.02. The van der Waals surface area contributed by atoms with E-state index in [1.807, 2.05) is 40.5 Å². The third kappa shape index (κ3) is 3.23. The zero-order chi connectivity index (χ0) is 17.1. The molecule has 1 unspecified atom stereocenters. The van der Waals surface area contributed by atoms with E-state index in [4.69, 9.17) is 9.47 Å². The Balaban J connectivity index is 1.53. The van der Waals surface area contributed by atoms with Crippen LogP contribution in [-0.4, -0.2) is 35.4 Å². The van der Waals surface area contributed by atoms with Crippen molar-refractivity contribution < 1.29 is 14.3 Å². The molecule has 1 aliphatic rings. The maximum absolute atomic E-state index is 12.7. The highest BCUT2D eigenvalue weighted by molar-refractivity contribution is 7.10. The molecule has 25 heavy (non-hydrogen) atoms. The van der Waals surface area contributed by atoms with Crippen LogP contribution in [0.25, 0.3) is 0 Å². The topological polar surface area (TPSA) is 65.4 Å². The Kier molecular flexibility index (Phi) is 4.39. The number of fused-ring (bicyclic) bond motifs is 1. The first-order chi connectivity index (χ1) is 12.3. The normalized spacial score (nSPS) is 14.1. The van der Waals surface area contributed by atoms with Gasteiger partial charge in [-0.3, -0.25) is 9.48 Å². The lowest BCUT2D eigenvalue weighted by Crippen LogP contribution is -2.32. The first-order valence-corrected chi connectivity index (χ1v) is 8.90. The van der Waals surface area contributed by atoms with Crippen molar-refractivity contribution >= 4 is 17.2 Å². The van der Waals surface area contributed by atoms with E-state index in [1.165, 1.54) is 0 Å². The summed E-state index contributed by atoms with van der Waals surface area (Å²) in [6.45, 7) is 1.38. The number of para-hydroxylation sites is 1. The number of ether oxygens (including phenoxy) is 2. The Morgan fingerprint density at radius 3 is 2.96 bits per heavy atom. The van der Waals surface area contributed by atoms with Gasteiger partial charge < -0.3 is 14.8 Å². The average molecular weight is 355 g/mol. The van der Waals surface area contributed by atoms with Gasteiger partial charge in [0.15, 0.2) is 11.5 Å². The molecule has 0 bridgehead atoms. The summed E-state index contributed by atoms with van der Waals surface area (Å²) in [6, 6.07) is 11.2. The van der Waals surface area contributed by atoms with Gasteiger partial charge in [-0.1, -0.05) is 12.1 Å². The number of amides is 1. The minimum Gasteiger partial charge on any atom is -0.486 e. The summed E-state index contributed by atoms with van der Waals surface area (Å²) in [7, 11) is 0. The standard InChI is InChI=1S/C18H17N3O3S/c22-18(13-4-1-5-15-17(13)24-10-9-23-15)19-12-14(16-6-2-11-25-16)21-8-3-7-20-21/h1-8,11,14H,9-10,12H2,(H,19,22). The minimum atomic E-state index is -0.184. The zero-order valence-corrected chi connectivity index (χ0v) is 14.2. The third-order valence-corrected chi connectivity index (χ3v) is 4.96. The van der Waals surface area contributed by atoms with Crippen LogP contribution >= 0.6 is 11.3 Å². The molecule has 3 heterocycles. The van der Waals surface area contributed by atoms with Crippen LogP contribution in [0.2, 0.25) is 0 Å². The number of carbonyl (C=O) groups excluding carboxylic acids is 1. The molecule has 0 radical (unpaired) electrons. The summed E-state index contributed by atoms with van der Waals surface area (Å²) in [5, 5.41) is 9.34. The molecule has 6 nitrogen and oxygen atoms in total. The minimum absolute atomic E-state index is 0.0457. The van der Waals surface area contributed by atoms with Gasteiger partial charge in [0.05, 0.1) is 5.56 Å². The number of rotatable bonds is 5. The maximum atomic E-state index is 12.7. The number of benzene rings is 1. The van der Waals surface area contributed by atoms with Crippen LogP contribution in [0.5, 0.6) is 11.5 Å². The predicted molar refractivity (Wildman–Crippen MR) is 94.5 cm³/mol. The highest BCUT2D eigenvalue weighted by atomic mass is 32.1. The molecule has 4 rings (SSSR count). The predicted octanol–water partition coefficient (Wildman–Crippen LogP) is 2.74. The second kappa shape index (κ2) is 6.98. The summed E-state index contributed by atoms with van der Waals surface area (Å²) < 4.78 is 13.0. The van der Waals surface area contributed by atoms with E-state index in [-0.39, 0.29) is 11.9 Å². The Hall–Kier alpha value is -2.80. The summed E-state index contributed by atoms with van der Waals surface area (Å²) in [6.07, 6.45) is 3.64. The lowest BCUT2D eigenvalue weighted by molar-refractivity contribution is 0.0938. The molecule has 128 valence electrons. The quantitative estimate of drug-likeness (QED) is 0.764. The molecule has 0 fully saturated rings. The monoisotopic (exact) mass is 355 g/mol. The summed E-state index contributed by atoms with van der Waals surface area (Å²) in [4.78, 5) is 13.8. The van der Waals surface area contributed by atoms with E-state index < -0.39 is 0 Å². The molecule has 0 aliphatic carbocycles. The van der Waals surface area contributed by atoms with Crippen LogP contribution in [-0.2, 0) is 0 Å². The number of hydrogen-bond donors (Lipinski definition) is 1. The Morgan fingerprint density at radius 2 is 2.16 bits per heavy atom. The van der Waals surface area contributed by atoms with E-state index in [1.54, 1.807) is 29.7 Å². The third-order valence-electron chi connectivity index (χ3n) is 3.98. The van der Waals surface area contributed by atoms with Crippen LogP contribution < -0.4 is 14.8 Å². The van der Waals surface area contributed by atoms with Crippen molar-refractivity contribution in [3.8, 4) is 11.5 Å². The molecular formula is C18H17N3O3S. The van der Waals surface area contributed by atoms with Gasteiger partial charge in [0.2, 0.25) is 0 Å². The summed E-state index contributed by atoms with van der Waals surface area (Å²) in [5.41, 5.74) is 0.489. The molecule has 1 aromatic carbocycles. The van der Waals surface area contributed by atoms with Crippen molar-refractivity contribution in [1.82, 2.24) is 15.1 Å². The zero-order valence-electron chi connectivity index (χ0n) is 13.4. The fourth-order valence-corrected chi connectivity index (χ4v) is 3.63. The van der Waals surface area contributed by atoms with Crippen LogP contribution in [0.1, 0.15) is 21.3 Å². The summed E-state index contributed by atoms with van der Waals surface area (Å²) in [5.74, 6) is 0.940. The molecule has 1 amide bonds. The van der Waals surface area contributed by atoms with Crippen molar-refractivity contribution in [3.63, 3.8) is 0 Å². The van der Waals surface area contributed by atoms with Crippen molar-refractivity contribution in [2.45, 2.75) is 6.04 Å². The van der Waals surface area contributed by atoms with Crippen LogP contribution in [0, 0.1) is 0 Å². The van der Waals surface area contributed by atoms with Gasteiger partial charge in [-0.2, -0.15) is 5.10 Å². The van der Waals surface area contributed by atoms with E-state index in [2.05, 4.69) is 10.4 Å². The second-order valence-corrected chi connectivity index (χ2v) is 6.54. The van der Waals surface area contributed by atoms with Crippen molar-refractivity contribution in [3.05, 3.63) is 64.6 Å². The largest absolute Gasteiger partial charge is 0.486 e. The lowest BCUT2D eigenvalue weighted by Gasteiger charge is -2.21. The fraction of sp³-hybridized carbons (Fsp3) is 0.222. The highest BCUT2D eigenvalue weighted by Crippen LogP contribution is 2.33. The highest BCUT2D eigenvalue weighted by Gasteiger charge is 2.22. The molecule has 0 spiro atoms. The SMILES string of the molecule is O=C(NCC(c1cccs1)n1cccn1)c1cccc2c1OCCO2. The second-order valence-electron chi connectivity index (χ2n) is 5.56. The lowest BCUT2D eigenvalue weighted by atomic mass is 10.1. The molecule has 1 N–H and O–H groups in total. The number of thiophene rings is 1. The first kappa shape index (κ1) is 15.7. The molecular weight excluding hydrogens is 338 g/mol. The van der Waals surface area contributed by atoms with Gasteiger partial charge in [0.1, 0.15) is 19.3 Å². The molecule has 1 atom stereocenters. The van der Waals surface area contributed by atoms with E-state index in [0.717, 1.165) is 4.88 Å². The summed E-state index contributed by atoms with van der Waals surface area (Å²) >= 11 is 1.64. The van der Waals surface area contributed by atoms with E-state index >= 15 is 0 Å². The fourth-order valence-electron chi connectivity index (χ4n) is 2.81. The molecule has 2 aromatic heterocycles. The van der Waals surface area contributed by atoms with Crippen molar-refractivity contribution in [2.75, 3.05) is 19.8 Å². The Labute approximate surface area is 149 Å². The van der Waals surface area contributed by atoms with Crippen LogP contribution in [0.15, 0.2) is 54.2 Å².